The number of carboxylic acid groups (broad SMARTS) is 1. The van der Waals surface area contributed by atoms with Crippen molar-refractivity contribution in [3.05, 3.63) is 0 Å². The molecule has 0 aliphatic carbocycles. The first-order valence-electron chi connectivity index (χ1n) is 7.91. The van der Waals surface area contributed by atoms with Gasteiger partial charge in [0.15, 0.2) is 0 Å². The second-order valence-corrected chi connectivity index (χ2v) is 6.50. The zero-order chi connectivity index (χ0) is 14.5. The number of rotatable bonds is 6. The number of likely N-dealkylation sites (tertiary alicyclic amines) is 1. The number of carboxylic acids is 1. The van der Waals surface area contributed by atoms with Crippen molar-refractivity contribution in [1.29, 1.82) is 0 Å². The summed E-state index contributed by atoms with van der Waals surface area (Å²) >= 11 is 0. The molecule has 112 valence electrons. The fourth-order valence-electron chi connectivity index (χ4n) is 3.28. The molecule has 1 heterocycles. The van der Waals surface area contributed by atoms with E-state index in [1.54, 1.807) is 0 Å². The lowest BCUT2D eigenvalue weighted by molar-refractivity contribution is -0.150. The standard InChI is InChI=1S/C16H31NO2/c1-5-16(6-2,15(18)19)12-17-10-7-8-14(9-11-17)13(3)4/h13-14H,5-12H2,1-4H3,(H,18,19). The Labute approximate surface area is 118 Å². The molecule has 19 heavy (non-hydrogen) atoms. The van der Waals surface area contributed by atoms with Crippen LogP contribution in [0, 0.1) is 17.3 Å². The Morgan fingerprint density at radius 1 is 1.26 bits per heavy atom. The van der Waals surface area contributed by atoms with Crippen molar-refractivity contribution in [2.45, 2.75) is 59.8 Å². The molecule has 0 bridgehead atoms. The minimum absolute atomic E-state index is 0.544. The summed E-state index contributed by atoms with van der Waals surface area (Å²) in [6.07, 6.45) is 5.19. The third-order valence-corrected chi connectivity index (χ3v) is 5.14. The Kier molecular flexibility index (Phi) is 6.31. The molecule has 0 aromatic heterocycles. The van der Waals surface area contributed by atoms with Gasteiger partial charge in [0.2, 0.25) is 0 Å². The summed E-state index contributed by atoms with van der Waals surface area (Å²) in [7, 11) is 0. The van der Waals surface area contributed by atoms with Gasteiger partial charge in [-0.15, -0.1) is 0 Å². The summed E-state index contributed by atoms with van der Waals surface area (Å²) in [5.74, 6) is 0.941. The average Bonchev–Trinajstić information content (AvgIpc) is 2.61. The summed E-state index contributed by atoms with van der Waals surface area (Å²) in [5, 5.41) is 9.54. The molecule has 1 unspecified atom stereocenters. The van der Waals surface area contributed by atoms with Gasteiger partial charge in [-0.1, -0.05) is 27.7 Å². The summed E-state index contributed by atoms with van der Waals surface area (Å²) in [6.45, 7) is 11.5. The normalized spacial score (nSPS) is 22.5. The summed E-state index contributed by atoms with van der Waals surface area (Å²) in [5.41, 5.74) is -0.544. The van der Waals surface area contributed by atoms with E-state index in [1.165, 1.54) is 19.3 Å². The second kappa shape index (κ2) is 7.28. The molecule has 1 saturated heterocycles. The first-order valence-corrected chi connectivity index (χ1v) is 7.91. The molecule has 0 saturated carbocycles. The van der Waals surface area contributed by atoms with Crippen LogP contribution in [0.25, 0.3) is 0 Å². The summed E-state index contributed by atoms with van der Waals surface area (Å²) in [6, 6.07) is 0. The Morgan fingerprint density at radius 2 is 1.89 bits per heavy atom. The number of carbonyl (C=O) groups is 1. The van der Waals surface area contributed by atoms with E-state index in [1.807, 2.05) is 13.8 Å². The molecule has 0 amide bonds. The van der Waals surface area contributed by atoms with Crippen molar-refractivity contribution >= 4 is 5.97 Å². The van der Waals surface area contributed by atoms with Crippen LogP contribution in [0.3, 0.4) is 0 Å². The molecular formula is C16H31NO2. The smallest absolute Gasteiger partial charge is 0.310 e. The minimum atomic E-state index is -0.623. The first kappa shape index (κ1) is 16.5. The molecule has 1 aliphatic rings. The molecule has 0 aromatic rings. The van der Waals surface area contributed by atoms with Crippen LogP contribution in [0.5, 0.6) is 0 Å². The van der Waals surface area contributed by atoms with Crippen LogP contribution in [0.1, 0.15) is 59.8 Å². The lowest BCUT2D eigenvalue weighted by Gasteiger charge is -2.33. The molecule has 0 radical (unpaired) electrons. The number of aliphatic carboxylic acids is 1. The van der Waals surface area contributed by atoms with E-state index in [2.05, 4.69) is 18.7 Å². The maximum absolute atomic E-state index is 11.6. The minimum Gasteiger partial charge on any atom is -0.481 e. The highest BCUT2D eigenvalue weighted by Gasteiger charge is 2.37. The van der Waals surface area contributed by atoms with Crippen LogP contribution in [0.2, 0.25) is 0 Å². The fraction of sp³-hybridized carbons (Fsp3) is 0.938. The van der Waals surface area contributed by atoms with E-state index in [0.29, 0.717) is 0 Å². The lowest BCUT2D eigenvalue weighted by Crippen LogP contribution is -2.43. The monoisotopic (exact) mass is 269 g/mol. The maximum atomic E-state index is 11.6. The first-order chi connectivity index (χ1) is 8.95. The Morgan fingerprint density at radius 3 is 2.37 bits per heavy atom. The van der Waals surface area contributed by atoms with Gasteiger partial charge < -0.3 is 10.0 Å². The summed E-state index contributed by atoms with van der Waals surface area (Å²) < 4.78 is 0. The maximum Gasteiger partial charge on any atom is 0.310 e. The molecule has 1 fully saturated rings. The largest absolute Gasteiger partial charge is 0.481 e. The van der Waals surface area contributed by atoms with E-state index >= 15 is 0 Å². The number of hydrogen-bond donors (Lipinski definition) is 1. The van der Waals surface area contributed by atoms with Gasteiger partial charge in [0, 0.05) is 6.54 Å². The van der Waals surface area contributed by atoms with Crippen molar-refractivity contribution in [3.8, 4) is 0 Å². The second-order valence-electron chi connectivity index (χ2n) is 6.50. The third kappa shape index (κ3) is 4.20. The predicted molar refractivity (Wildman–Crippen MR) is 79.3 cm³/mol. The van der Waals surface area contributed by atoms with Crippen LogP contribution in [-0.4, -0.2) is 35.6 Å². The average molecular weight is 269 g/mol. The van der Waals surface area contributed by atoms with Crippen LogP contribution >= 0.6 is 0 Å². The van der Waals surface area contributed by atoms with Gasteiger partial charge in [0.1, 0.15) is 0 Å². The highest BCUT2D eigenvalue weighted by molar-refractivity contribution is 5.74. The molecule has 1 rings (SSSR count). The van der Waals surface area contributed by atoms with Crippen molar-refractivity contribution < 1.29 is 9.90 Å². The van der Waals surface area contributed by atoms with E-state index < -0.39 is 11.4 Å². The number of nitrogens with zero attached hydrogens (tertiary/aromatic N) is 1. The Balaban J connectivity index is 2.63. The van der Waals surface area contributed by atoms with Gasteiger partial charge in [0.25, 0.3) is 0 Å². The number of hydrogen-bond acceptors (Lipinski definition) is 2. The SMILES string of the molecule is CCC(CC)(CN1CCCC(C(C)C)CC1)C(=O)O. The molecular weight excluding hydrogens is 238 g/mol. The lowest BCUT2D eigenvalue weighted by atomic mass is 9.82. The third-order valence-electron chi connectivity index (χ3n) is 5.14. The highest BCUT2D eigenvalue weighted by atomic mass is 16.4. The van der Waals surface area contributed by atoms with E-state index in [4.69, 9.17) is 0 Å². The van der Waals surface area contributed by atoms with Crippen molar-refractivity contribution in [2.75, 3.05) is 19.6 Å². The van der Waals surface area contributed by atoms with E-state index in [9.17, 15) is 9.90 Å². The predicted octanol–water partition coefficient (Wildman–Crippen LogP) is 3.64. The zero-order valence-corrected chi connectivity index (χ0v) is 13.1. The molecule has 3 nitrogen and oxygen atoms in total. The van der Waals surface area contributed by atoms with Crippen LogP contribution in [-0.2, 0) is 4.79 Å². The Bertz CT molecular complexity index is 284. The molecule has 3 heteroatoms. The van der Waals surface area contributed by atoms with Crippen molar-refractivity contribution in [3.63, 3.8) is 0 Å². The van der Waals surface area contributed by atoms with Crippen molar-refractivity contribution in [2.24, 2.45) is 17.3 Å². The van der Waals surface area contributed by atoms with Crippen molar-refractivity contribution in [1.82, 2.24) is 4.90 Å². The quantitative estimate of drug-likeness (QED) is 0.800. The van der Waals surface area contributed by atoms with E-state index in [0.717, 1.165) is 44.3 Å². The molecule has 1 atom stereocenters. The van der Waals surface area contributed by atoms with Crippen LogP contribution in [0.4, 0.5) is 0 Å². The summed E-state index contributed by atoms with van der Waals surface area (Å²) in [4.78, 5) is 14.0. The zero-order valence-electron chi connectivity index (χ0n) is 13.1. The Hall–Kier alpha value is -0.570. The van der Waals surface area contributed by atoms with Crippen LogP contribution < -0.4 is 0 Å². The van der Waals surface area contributed by atoms with Gasteiger partial charge in [0.05, 0.1) is 5.41 Å². The van der Waals surface area contributed by atoms with Crippen LogP contribution in [0.15, 0.2) is 0 Å². The van der Waals surface area contributed by atoms with Gasteiger partial charge in [-0.3, -0.25) is 4.79 Å². The fourth-order valence-corrected chi connectivity index (χ4v) is 3.28. The van der Waals surface area contributed by atoms with Gasteiger partial charge in [-0.25, -0.2) is 0 Å². The molecule has 1 N–H and O–H groups in total. The highest BCUT2D eigenvalue weighted by Crippen LogP contribution is 2.31. The van der Waals surface area contributed by atoms with E-state index in [-0.39, 0.29) is 0 Å². The van der Waals surface area contributed by atoms with Gasteiger partial charge in [-0.05, 0) is 57.0 Å². The molecule has 0 spiro atoms. The van der Waals surface area contributed by atoms with Gasteiger partial charge >= 0.3 is 5.97 Å². The topological polar surface area (TPSA) is 40.5 Å². The molecule has 1 aliphatic heterocycles. The molecule has 0 aromatic carbocycles. The van der Waals surface area contributed by atoms with Gasteiger partial charge in [-0.2, -0.15) is 0 Å².